The molecule has 1 saturated heterocycles. The normalized spacial score (nSPS) is 22.9. The number of aliphatic hydroxyl groups excluding tert-OH is 1. The Morgan fingerprint density at radius 1 is 1.39 bits per heavy atom. The van der Waals surface area contributed by atoms with E-state index in [2.05, 4.69) is 45.7 Å². The summed E-state index contributed by atoms with van der Waals surface area (Å²) in [7, 11) is 2.00. The summed E-state index contributed by atoms with van der Waals surface area (Å²) in [4.78, 5) is 25.5. The van der Waals surface area contributed by atoms with Crippen molar-refractivity contribution < 1.29 is 29.1 Å². The summed E-state index contributed by atoms with van der Waals surface area (Å²) < 4.78 is 11.1. The van der Waals surface area contributed by atoms with E-state index in [0.717, 1.165) is 23.0 Å². The molecular weight excluding hydrogens is 537 g/mol. The van der Waals surface area contributed by atoms with Gasteiger partial charge in [-0.1, -0.05) is 13.0 Å². The van der Waals surface area contributed by atoms with Crippen LogP contribution in [0.1, 0.15) is 25.8 Å². The topological polar surface area (TPSA) is 98.7 Å². The molecule has 0 saturated carbocycles. The number of β-lactam (4-membered cyclic amide) rings is 1. The van der Waals surface area contributed by atoms with Gasteiger partial charge in [0, 0.05) is 5.92 Å². The highest BCUT2D eigenvalue weighted by molar-refractivity contribution is 14.1. The van der Waals surface area contributed by atoms with Gasteiger partial charge in [0.2, 0.25) is 12.2 Å². The van der Waals surface area contributed by atoms with E-state index >= 15 is 0 Å². The number of aromatic nitrogens is 2. The first-order valence-corrected chi connectivity index (χ1v) is 12.1. The summed E-state index contributed by atoms with van der Waals surface area (Å²) in [6, 6.07) is 5.65. The van der Waals surface area contributed by atoms with Crippen molar-refractivity contribution in [3.63, 3.8) is 0 Å². The number of hydrogen-bond donors (Lipinski definition) is 1. The molecule has 176 valence electrons. The molecule has 9 heteroatoms. The third kappa shape index (κ3) is 4.52. The van der Waals surface area contributed by atoms with Gasteiger partial charge in [0.15, 0.2) is 0 Å². The second kappa shape index (κ2) is 9.46. The molecule has 1 aromatic carbocycles. The van der Waals surface area contributed by atoms with E-state index in [-0.39, 0.29) is 30.2 Å². The fourth-order valence-corrected chi connectivity index (χ4v) is 5.63. The Kier molecular flexibility index (Phi) is 6.81. The third-order valence-electron chi connectivity index (χ3n) is 6.59. The van der Waals surface area contributed by atoms with Gasteiger partial charge in [0.1, 0.15) is 24.8 Å². The lowest BCUT2D eigenvalue weighted by Crippen LogP contribution is -2.64. The number of carboxylic acids is 1. The third-order valence-corrected chi connectivity index (χ3v) is 7.44. The molecule has 33 heavy (non-hydrogen) atoms. The number of halogens is 1. The van der Waals surface area contributed by atoms with E-state index in [0.29, 0.717) is 11.3 Å². The highest BCUT2D eigenvalue weighted by Gasteiger charge is 2.58. The van der Waals surface area contributed by atoms with Crippen LogP contribution in [-0.4, -0.2) is 45.2 Å². The Hall–Kier alpha value is -2.40. The molecule has 0 spiro atoms. The van der Waals surface area contributed by atoms with Crippen molar-refractivity contribution in [2.75, 3.05) is 6.61 Å². The Morgan fingerprint density at radius 3 is 2.76 bits per heavy atom. The van der Waals surface area contributed by atoms with Crippen molar-refractivity contribution in [3.8, 4) is 5.75 Å². The van der Waals surface area contributed by atoms with Crippen molar-refractivity contribution in [1.29, 1.82) is 0 Å². The second-order valence-electron chi connectivity index (χ2n) is 8.89. The van der Waals surface area contributed by atoms with E-state index in [9.17, 15) is 19.8 Å². The van der Waals surface area contributed by atoms with Crippen LogP contribution in [0.5, 0.6) is 5.75 Å². The smallest absolute Gasteiger partial charge is 0.243 e. The van der Waals surface area contributed by atoms with Crippen LogP contribution in [-0.2, 0) is 29.6 Å². The molecule has 2 aliphatic rings. The number of ether oxygens (including phenoxy) is 1. The molecule has 0 bridgehead atoms. The van der Waals surface area contributed by atoms with Gasteiger partial charge in [-0.15, -0.1) is 0 Å². The van der Waals surface area contributed by atoms with E-state index < -0.39 is 18.0 Å². The SMILES string of the molecule is CC(O)[C@H]1C(=O)N2C(C(=O)[O-])=C(COc3ccc(CCCn4cc[n+](C)c4)cc3I)C(C)[C@H]12. The van der Waals surface area contributed by atoms with Crippen molar-refractivity contribution in [1.82, 2.24) is 9.47 Å². The number of carboxylic acid groups (broad SMARTS) is 1. The van der Waals surface area contributed by atoms with Crippen molar-refractivity contribution in [2.24, 2.45) is 18.9 Å². The van der Waals surface area contributed by atoms with Gasteiger partial charge < -0.3 is 24.6 Å². The molecule has 4 rings (SSSR count). The number of fused-ring (bicyclic) bond motifs is 1. The number of benzene rings is 1. The molecule has 1 N–H and O–H groups in total. The summed E-state index contributed by atoms with van der Waals surface area (Å²) in [5.74, 6) is -1.92. The maximum absolute atomic E-state index is 12.4. The van der Waals surface area contributed by atoms with Gasteiger partial charge >= 0.3 is 0 Å². The molecule has 0 aliphatic carbocycles. The number of hydrogen-bond acceptors (Lipinski definition) is 5. The van der Waals surface area contributed by atoms with Crippen molar-refractivity contribution in [3.05, 3.63) is 57.3 Å². The fourth-order valence-electron chi connectivity index (χ4n) is 4.90. The molecule has 8 nitrogen and oxygen atoms in total. The number of imidazole rings is 1. The summed E-state index contributed by atoms with van der Waals surface area (Å²) >= 11 is 2.22. The summed E-state index contributed by atoms with van der Waals surface area (Å²) in [6.45, 7) is 4.42. The van der Waals surface area contributed by atoms with Gasteiger partial charge in [0.05, 0.1) is 46.9 Å². The molecule has 2 unspecified atom stereocenters. The second-order valence-corrected chi connectivity index (χ2v) is 10.1. The van der Waals surface area contributed by atoms with Gasteiger partial charge in [0.25, 0.3) is 0 Å². The molecule has 4 atom stereocenters. The number of aliphatic hydroxyl groups is 1. The Morgan fingerprint density at radius 2 is 2.15 bits per heavy atom. The molecular formula is C24H28IN3O5. The number of aliphatic carboxylic acids is 1. The van der Waals surface area contributed by atoms with Crippen LogP contribution < -0.4 is 14.4 Å². The Labute approximate surface area is 206 Å². The maximum atomic E-state index is 12.4. The Bertz CT molecular complexity index is 1110. The van der Waals surface area contributed by atoms with Gasteiger partial charge in [-0.05, 0) is 65.6 Å². The minimum absolute atomic E-state index is 0.0529. The van der Waals surface area contributed by atoms with Crippen LogP contribution in [0.3, 0.4) is 0 Å². The van der Waals surface area contributed by atoms with Gasteiger partial charge in [-0.3, -0.25) is 4.79 Å². The summed E-state index contributed by atoms with van der Waals surface area (Å²) in [5, 5.41) is 21.8. The first-order valence-electron chi connectivity index (χ1n) is 11.1. The summed E-state index contributed by atoms with van der Waals surface area (Å²) in [5.41, 5.74) is 1.62. The maximum Gasteiger partial charge on any atom is 0.243 e. The number of carbonyl (C=O) groups excluding carboxylic acids is 2. The highest BCUT2D eigenvalue weighted by atomic mass is 127. The lowest BCUT2D eigenvalue weighted by atomic mass is 9.78. The lowest BCUT2D eigenvalue weighted by molar-refractivity contribution is -0.671. The van der Waals surface area contributed by atoms with Crippen LogP contribution in [0.4, 0.5) is 0 Å². The molecule has 1 amide bonds. The van der Waals surface area contributed by atoms with Crippen LogP contribution in [0, 0.1) is 15.4 Å². The van der Waals surface area contributed by atoms with Crippen LogP contribution in [0.2, 0.25) is 0 Å². The predicted molar refractivity (Wildman–Crippen MR) is 126 cm³/mol. The van der Waals surface area contributed by atoms with Crippen LogP contribution >= 0.6 is 22.6 Å². The fraction of sp³-hybridized carbons (Fsp3) is 0.458. The zero-order chi connectivity index (χ0) is 23.9. The molecule has 3 heterocycles. The van der Waals surface area contributed by atoms with Crippen LogP contribution in [0.25, 0.3) is 0 Å². The van der Waals surface area contributed by atoms with Crippen LogP contribution in [0.15, 0.2) is 48.2 Å². The molecule has 1 fully saturated rings. The average molecular weight is 565 g/mol. The summed E-state index contributed by atoms with van der Waals surface area (Å²) in [6.07, 6.45) is 7.25. The largest absolute Gasteiger partial charge is 0.543 e. The monoisotopic (exact) mass is 565 g/mol. The average Bonchev–Trinajstić information content (AvgIpc) is 3.26. The number of aryl methyl sites for hydroxylation is 3. The van der Waals surface area contributed by atoms with E-state index in [1.54, 1.807) is 6.92 Å². The van der Waals surface area contributed by atoms with Crippen molar-refractivity contribution >= 4 is 34.5 Å². The molecule has 0 radical (unpaired) electrons. The highest BCUT2D eigenvalue weighted by Crippen LogP contribution is 2.47. The number of carbonyl (C=O) groups is 2. The first kappa shape index (κ1) is 23.7. The quantitative estimate of drug-likeness (QED) is 0.276. The zero-order valence-electron chi connectivity index (χ0n) is 18.9. The minimum atomic E-state index is -1.39. The first-order chi connectivity index (χ1) is 15.7. The Balaban J connectivity index is 1.41. The van der Waals surface area contributed by atoms with E-state index in [1.807, 2.05) is 36.9 Å². The number of rotatable bonds is 9. The lowest BCUT2D eigenvalue weighted by Gasteiger charge is -2.47. The molecule has 2 aromatic rings. The predicted octanol–water partition coefficient (Wildman–Crippen LogP) is 0.790. The molecule has 1 aromatic heterocycles. The number of nitrogens with zero attached hydrogens (tertiary/aromatic N) is 3. The van der Waals surface area contributed by atoms with E-state index in [4.69, 9.17) is 4.74 Å². The standard InChI is InChI=1S/C24H28IN3O5/c1-14-17(22(24(31)32)28-21(14)20(15(2)29)23(28)30)12-33-19-7-6-16(11-18(19)25)5-4-8-27-10-9-26(3)13-27/h6-7,9-11,13-15,20-21,29H,4-5,8,12H2,1-3H3/t14?,15?,20-,21-/m1/s1. The van der Waals surface area contributed by atoms with Crippen molar-refractivity contribution in [2.45, 2.75) is 45.4 Å². The van der Waals surface area contributed by atoms with E-state index in [1.165, 1.54) is 10.5 Å². The minimum Gasteiger partial charge on any atom is -0.543 e. The molecule has 2 aliphatic heterocycles. The number of amides is 1. The van der Waals surface area contributed by atoms with Gasteiger partial charge in [-0.25, -0.2) is 9.13 Å². The zero-order valence-corrected chi connectivity index (χ0v) is 21.1. The van der Waals surface area contributed by atoms with Gasteiger partial charge in [-0.2, -0.15) is 0 Å².